The predicted molar refractivity (Wildman–Crippen MR) is 114 cm³/mol. The van der Waals surface area contributed by atoms with Crippen LogP contribution in [-0.2, 0) is 20.9 Å². The van der Waals surface area contributed by atoms with E-state index >= 15 is 0 Å². The van der Waals surface area contributed by atoms with Crippen LogP contribution in [0.3, 0.4) is 0 Å². The Morgan fingerprint density at radius 1 is 1.32 bits per heavy atom. The standard InChI is InChI=1S/C20H31IN2O5/c1-13(2)27-10-4-9-22-20(26)19-18(14(3)25)17(12-24)28-23(19)11-15-5-7-16(21)8-6-15/h5-8,13-14,17-19,24-25H,4,9-12H2,1-3H3,(H,22,26)/t14-,17-,18+,19-/m1/s1. The lowest BCUT2D eigenvalue weighted by Crippen LogP contribution is -2.49. The van der Waals surface area contributed by atoms with Gasteiger partial charge in [-0.3, -0.25) is 9.63 Å². The molecule has 2 rings (SSSR count). The minimum Gasteiger partial charge on any atom is -0.394 e. The lowest BCUT2D eigenvalue weighted by molar-refractivity contribution is -0.181. The fourth-order valence-corrected chi connectivity index (χ4v) is 3.71. The van der Waals surface area contributed by atoms with Crippen LogP contribution in [0.5, 0.6) is 0 Å². The van der Waals surface area contributed by atoms with Gasteiger partial charge in [-0.05, 0) is 67.5 Å². The normalized spacial score (nSPS) is 23.9. The van der Waals surface area contributed by atoms with Crippen molar-refractivity contribution in [2.45, 2.75) is 58.1 Å². The number of aliphatic hydroxyl groups excluding tert-OH is 2. The summed E-state index contributed by atoms with van der Waals surface area (Å²) in [6.45, 7) is 6.76. The molecule has 1 saturated heterocycles. The number of rotatable bonds is 10. The first-order valence-corrected chi connectivity index (χ1v) is 10.8. The number of hydroxylamine groups is 2. The number of hydrogen-bond acceptors (Lipinski definition) is 6. The number of aliphatic hydroxyl groups is 2. The lowest BCUT2D eigenvalue weighted by Gasteiger charge is -2.26. The third-order valence-corrected chi connectivity index (χ3v) is 5.42. The van der Waals surface area contributed by atoms with Crippen LogP contribution < -0.4 is 5.32 Å². The summed E-state index contributed by atoms with van der Waals surface area (Å²) in [7, 11) is 0. The molecule has 0 aliphatic carbocycles. The van der Waals surface area contributed by atoms with Gasteiger partial charge in [0.2, 0.25) is 5.91 Å². The van der Waals surface area contributed by atoms with Crippen LogP contribution in [0.15, 0.2) is 24.3 Å². The molecule has 1 aliphatic heterocycles. The molecule has 1 aromatic rings. The first kappa shape index (κ1) is 23.5. The monoisotopic (exact) mass is 506 g/mol. The van der Waals surface area contributed by atoms with Gasteiger partial charge in [0.25, 0.3) is 0 Å². The molecule has 0 bridgehead atoms. The van der Waals surface area contributed by atoms with Gasteiger partial charge in [0.15, 0.2) is 0 Å². The average molecular weight is 506 g/mol. The molecule has 8 heteroatoms. The Bertz CT molecular complexity index is 611. The average Bonchev–Trinajstić information content (AvgIpc) is 3.01. The molecule has 158 valence electrons. The number of halogens is 1. The zero-order chi connectivity index (χ0) is 20.7. The van der Waals surface area contributed by atoms with E-state index in [0.29, 0.717) is 26.1 Å². The first-order valence-electron chi connectivity index (χ1n) is 9.69. The van der Waals surface area contributed by atoms with Crippen molar-refractivity contribution in [1.82, 2.24) is 10.4 Å². The molecule has 1 amide bonds. The Balaban J connectivity index is 2.06. The lowest BCUT2D eigenvalue weighted by atomic mass is 9.89. The summed E-state index contributed by atoms with van der Waals surface area (Å²) in [5.41, 5.74) is 0.992. The van der Waals surface area contributed by atoms with E-state index in [1.807, 2.05) is 38.1 Å². The van der Waals surface area contributed by atoms with E-state index in [4.69, 9.17) is 9.57 Å². The molecular formula is C20H31IN2O5. The number of nitrogens with one attached hydrogen (secondary N) is 1. The molecule has 3 N–H and O–H groups in total. The van der Waals surface area contributed by atoms with Crippen molar-refractivity contribution in [3.8, 4) is 0 Å². The molecule has 0 unspecified atom stereocenters. The summed E-state index contributed by atoms with van der Waals surface area (Å²) in [5.74, 6) is -0.724. The van der Waals surface area contributed by atoms with E-state index < -0.39 is 24.2 Å². The second kappa shape index (κ2) is 11.4. The van der Waals surface area contributed by atoms with Gasteiger partial charge in [-0.1, -0.05) is 12.1 Å². The van der Waals surface area contributed by atoms with E-state index in [1.165, 1.54) is 0 Å². The molecule has 0 radical (unpaired) electrons. The second-order valence-electron chi connectivity index (χ2n) is 7.36. The maximum atomic E-state index is 12.9. The number of amides is 1. The van der Waals surface area contributed by atoms with Gasteiger partial charge in [-0.2, -0.15) is 5.06 Å². The van der Waals surface area contributed by atoms with Gasteiger partial charge in [0, 0.05) is 22.6 Å². The molecule has 0 aromatic heterocycles. The highest BCUT2D eigenvalue weighted by Crippen LogP contribution is 2.32. The maximum Gasteiger partial charge on any atom is 0.240 e. The smallest absolute Gasteiger partial charge is 0.240 e. The summed E-state index contributed by atoms with van der Waals surface area (Å²) < 4.78 is 6.61. The van der Waals surface area contributed by atoms with Crippen molar-refractivity contribution < 1.29 is 24.6 Å². The van der Waals surface area contributed by atoms with Crippen LogP contribution in [0.1, 0.15) is 32.8 Å². The quantitative estimate of drug-likeness (QED) is 0.331. The Morgan fingerprint density at radius 2 is 2.00 bits per heavy atom. The fourth-order valence-electron chi connectivity index (χ4n) is 3.35. The topological polar surface area (TPSA) is 91.3 Å². The minimum atomic E-state index is -0.793. The van der Waals surface area contributed by atoms with E-state index in [0.717, 1.165) is 9.13 Å². The summed E-state index contributed by atoms with van der Waals surface area (Å²) in [4.78, 5) is 18.8. The van der Waals surface area contributed by atoms with Crippen LogP contribution >= 0.6 is 22.6 Å². The Hall–Kier alpha value is -0.780. The van der Waals surface area contributed by atoms with Crippen molar-refractivity contribution >= 4 is 28.5 Å². The Morgan fingerprint density at radius 3 is 2.57 bits per heavy atom. The van der Waals surface area contributed by atoms with Gasteiger partial charge >= 0.3 is 0 Å². The molecule has 0 spiro atoms. The molecule has 4 atom stereocenters. The molecular weight excluding hydrogens is 475 g/mol. The largest absolute Gasteiger partial charge is 0.394 e. The third kappa shape index (κ3) is 6.64. The summed E-state index contributed by atoms with van der Waals surface area (Å²) in [6, 6.07) is 7.26. The molecule has 0 saturated carbocycles. The van der Waals surface area contributed by atoms with Crippen molar-refractivity contribution in [2.75, 3.05) is 19.8 Å². The highest BCUT2D eigenvalue weighted by atomic mass is 127. The SMILES string of the molecule is CC(C)OCCCNC(=O)[C@H]1[C@@H]([C@@H](C)O)[C@@H](CO)ON1Cc1ccc(I)cc1. The van der Waals surface area contributed by atoms with E-state index in [1.54, 1.807) is 12.0 Å². The van der Waals surface area contributed by atoms with Crippen LogP contribution in [-0.4, -0.2) is 65.3 Å². The summed E-state index contributed by atoms with van der Waals surface area (Å²) >= 11 is 2.24. The Labute approximate surface area is 180 Å². The van der Waals surface area contributed by atoms with Gasteiger partial charge in [-0.15, -0.1) is 0 Å². The highest BCUT2D eigenvalue weighted by molar-refractivity contribution is 14.1. The van der Waals surface area contributed by atoms with E-state index in [9.17, 15) is 15.0 Å². The van der Waals surface area contributed by atoms with Gasteiger partial charge < -0.3 is 20.3 Å². The molecule has 28 heavy (non-hydrogen) atoms. The minimum absolute atomic E-state index is 0.160. The van der Waals surface area contributed by atoms with Crippen molar-refractivity contribution in [3.05, 3.63) is 33.4 Å². The third-order valence-electron chi connectivity index (χ3n) is 4.70. The molecule has 7 nitrogen and oxygen atoms in total. The van der Waals surface area contributed by atoms with Crippen molar-refractivity contribution in [2.24, 2.45) is 5.92 Å². The van der Waals surface area contributed by atoms with Crippen LogP contribution in [0, 0.1) is 9.49 Å². The van der Waals surface area contributed by atoms with Gasteiger partial charge in [0.05, 0.1) is 25.4 Å². The Kier molecular flexibility index (Phi) is 9.58. The van der Waals surface area contributed by atoms with Gasteiger partial charge in [-0.25, -0.2) is 0 Å². The molecule has 1 fully saturated rings. The van der Waals surface area contributed by atoms with Crippen LogP contribution in [0.4, 0.5) is 0 Å². The molecule has 1 aliphatic rings. The fraction of sp³-hybridized carbons (Fsp3) is 0.650. The number of hydrogen-bond donors (Lipinski definition) is 3. The zero-order valence-electron chi connectivity index (χ0n) is 16.7. The first-order chi connectivity index (χ1) is 13.3. The number of ether oxygens (including phenoxy) is 1. The van der Waals surface area contributed by atoms with E-state index in [2.05, 4.69) is 27.9 Å². The van der Waals surface area contributed by atoms with Crippen LogP contribution in [0.2, 0.25) is 0 Å². The van der Waals surface area contributed by atoms with E-state index in [-0.39, 0.29) is 18.6 Å². The number of carbonyl (C=O) groups is 1. The maximum absolute atomic E-state index is 12.9. The second-order valence-corrected chi connectivity index (χ2v) is 8.60. The molecule has 1 heterocycles. The zero-order valence-corrected chi connectivity index (χ0v) is 18.8. The van der Waals surface area contributed by atoms with Crippen LogP contribution in [0.25, 0.3) is 0 Å². The number of nitrogens with zero attached hydrogens (tertiary/aromatic N) is 1. The van der Waals surface area contributed by atoms with Gasteiger partial charge in [0.1, 0.15) is 12.1 Å². The summed E-state index contributed by atoms with van der Waals surface area (Å²) in [6.07, 6.45) is -0.548. The highest BCUT2D eigenvalue weighted by Gasteiger charge is 2.49. The number of benzene rings is 1. The van der Waals surface area contributed by atoms with Crippen molar-refractivity contribution in [3.63, 3.8) is 0 Å². The predicted octanol–water partition coefficient (Wildman–Crippen LogP) is 1.70. The molecule has 1 aromatic carbocycles. The summed E-state index contributed by atoms with van der Waals surface area (Å²) in [5, 5.41) is 24.4. The number of carbonyl (C=O) groups excluding carboxylic acids is 1. The van der Waals surface area contributed by atoms with Crippen molar-refractivity contribution in [1.29, 1.82) is 0 Å².